The Morgan fingerprint density at radius 2 is 1.69 bits per heavy atom. The van der Waals surface area contributed by atoms with Gasteiger partial charge in [-0.05, 0) is 19.3 Å². The summed E-state index contributed by atoms with van der Waals surface area (Å²) in [6.45, 7) is 0. The van der Waals surface area contributed by atoms with Crippen molar-refractivity contribution in [1.29, 1.82) is 5.26 Å². The second-order valence-corrected chi connectivity index (χ2v) is 3.78. The van der Waals surface area contributed by atoms with Gasteiger partial charge in [-0.3, -0.25) is 14.9 Å². The molecule has 68 valence electrons. The first-order chi connectivity index (χ1) is 6.20. The standard InChI is InChI=1S/C9H10N2O2/c10-4-5-1-6-3-7(2-5)9(13)11-8(6)12/h5-7H,1-3H2,(H,11,12,13). The van der Waals surface area contributed by atoms with Crippen molar-refractivity contribution in [3.63, 3.8) is 0 Å². The molecule has 2 amide bonds. The van der Waals surface area contributed by atoms with Crippen LogP contribution < -0.4 is 5.32 Å². The average Bonchev–Trinajstić information content (AvgIpc) is 2.15. The maximum atomic E-state index is 11.2. The van der Waals surface area contributed by atoms with E-state index in [4.69, 9.17) is 5.26 Å². The summed E-state index contributed by atoms with van der Waals surface area (Å²) in [5.41, 5.74) is 0. The Bertz CT molecular complexity index is 283. The maximum absolute atomic E-state index is 11.2. The van der Waals surface area contributed by atoms with E-state index in [0.717, 1.165) is 0 Å². The van der Waals surface area contributed by atoms with Crippen LogP contribution in [0.25, 0.3) is 0 Å². The molecule has 1 N–H and O–H groups in total. The number of nitrogens with one attached hydrogen (secondary N) is 1. The molecule has 2 rings (SSSR count). The topological polar surface area (TPSA) is 70.0 Å². The number of nitriles is 1. The van der Waals surface area contributed by atoms with E-state index in [1.165, 1.54) is 0 Å². The monoisotopic (exact) mass is 178 g/mol. The highest BCUT2D eigenvalue weighted by Crippen LogP contribution is 2.35. The third kappa shape index (κ3) is 1.31. The van der Waals surface area contributed by atoms with E-state index in [1.807, 2.05) is 0 Å². The first kappa shape index (κ1) is 8.24. The molecular weight excluding hydrogens is 168 g/mol. The molecule has 2 bridgehead atoms. The molecule has 2 aliphatic rings. The number of carbonyl (C=O) groups is 2. The third-order valence-electron chi connectivity index (χ3n) is 2.88. The number of amides is 2. The molecule has 0 radical (unpaired) electrons. The molecule has 1 heterocycles. The Kier molecular flexibility index (Phi) is 1.80. The summed E-state index contributed by atoms with van der Waals surface area (Å²) in [6.07, 6.45) is 1.88. The van der Waals surface area contributed by atoms with Gasteiger partial charge < -0.3 is 0 Å². The minimum absolute atomic E-state index is 0.110. The van der Waals surface area contributed by atoms with Crippen molar-refractivity contribution in [3.05, 3.63) is 0 Å². The van der Waals surface area contributed by atoms with Crippen LogP contribution >= 0.6 is 0 Å². The van der Waals surface area contributed by atoms with E-state index in [0.29, 0.717) is 19.3 Å². The molecule has 2 fully saturated rings. The van der Waals surface area contributed by atoms with E-state index < -0.39 is 0 Å². The van der Waals surface area contributed by atoms with Crippen LogP contribution in [0.15, 0.2) is 0 Å². The Balaban J connectivity index is 2.19. The number of imide groups is 1. The van der Waals surface area contributed by atoms with Crippen LogP contribution in [0.2, 0.25) is 0 Å². The lowest BCUT2D eigenvalue weighted by atomic mass is 9.73. The van der Waals surface area contributed by atoms with Crippen molar-refractivity contribution < 1.29 is 9.59 Å². The predicted molar refractivity (Wildman–Crippen MR) is 43.1 cm³/mol. The number of carbonyl (C=O) groups excluding carboxylic acids is 2. The lowest BCUT2D eigenvalue weighted by Crippen LogP contribution is -2.49. The molecule has 2 unspecified atom stereocenters. The second kappa shape index (κ2) is 2.84. The highest BCUT2D eigenvalue weighted by molar-refractivity contribution is 6.00. The predicted octanol–water partition coefficient (Wildman–Crippen LogP) is 0.199. The number of hydrogen-bond donors (Lipinski definition) is 1. The first-order valence-corrected chi connectivity index (χ1v) is 4.45. The van der Waals surface area contributed by atoms with Gasteiger partial charge in [-0.2, -0.15) is 5.26 Å². The summed E-state index contributed by atoms with van der Waals surface area (Å²) in [5, 5.41) is 11.1. The number of nitrogens with zero attached hydrogens (tertiary/aromatic N) is 1. The van der Waals surface area contributed by atoms with Crippen LogP contribution in [-0.2, 0) is 9.59 Å². The number of piperidine rings is 1. The van der Waals surface area contributed by atoms with E-state index in [2.05, 4.69) is 11.4 Å². The molecular formula is C9H10N2O2. The molecule has 1 saturated heterocycles. The zero-order valence-corrected chi connectivity index (χ0v) is 7.12. The zero-order chi connectivity index (χ0) is 9.42. The van der Waals surface area contributed by atoms with Crippen molar-refractivity contribution >= 4 is 11.8 Å². The average molecular weight is 178 g/mol. The van der Waals surface area contributed by atoms with Crippen molar-refractivity contribution in [2.75, 3.05) is 0 Å². The minimum atomic E-state index is -0.193. The van der Waals surface area contributed by atoms with Crippen LogP contribution in [0.5, 0.6) is 0 Å². The van der Waals surface area contributed by atoms with Crippen LogP contribution in [-0.4, -0.2) is 11.8 Å². The highest BCUT2D eigenvalue weighted by atomic mass is 16.2. The van der Waals surface area contributed by atoms with Gasteiger partial charge in [0.05, 0.1) is 6.07 Å². The molecule has 4 nitrogen and oxygen atoms in total. The summed E-state index contributed by atoms with van der Waals surface area (Å²) in [5.74, 6) is -0.719. The molecule has 1 saturated carbocycles. The molecule has 13 heavy (non-hydrogen) atoms. The Labute approximate surface area is 75.9 Å². The highest BCUT2D eigenvalue weighted by Gasteiger charge is 2.41. The Hall–Kier alpha value is -1.37. The fourth-order valence-corrected chi connectivity index (χ4v) is 2.18. The number of hydrogen-bond acceptors (Lipinski definition) is 3. The molecule has 0 aromatic heterocycles. The molecule has 4 heteroatoms. The molecule has 0 spiro atoms. The van der Waals surface area contributed by atoms with Crippen LogP contribution in [0.1, 0.15) is 19.3 Å². The van der Waals surface area contributed by atoms with E-state index in [1.54, 1.807) is 0 Å². The largest absolute Gasteiger partial charge is 0.296 e. The van der Waals surface area contributed by atoms with Crippen molar-refractivity contribution in [2.24, 2.45) is 17.8 Å². The summed E-state index contributed by atoms with van der Waals surface area (Å²) in [6, 6.07) is 2.14. The third-order valence-corrected chi connectivity index (χ3v) is 2.88. The van der Waals surface area contributed by atoms with Gasteiger partial charge in [0.25, 0.3) is 0 Å². The van der Waals surface area contributed by atoms with Crippen molar-refractivity contribution in [1.82, 2.24) is 5.32 Å². The molecule has 1 aliphatic carbocycles. The van der Waals surface area contributed by atoms with Crippen LogP contribution in [0.4, 0.5) is 0 Å². The first-order valence-electron chi connectivity index (χ1n) is 4.45. The molecule has 2 atom stereocenters. The number of rotatable bonds is 0. The summed E-state index contributed by atoms with van der Waals surface area (Å²) >= 11 is 0. The van der Waals surface area contributed by atoms with Crippen LogP contribution in [0.3, 0.4) is 0 Å². The van der Waals surface area contributed by atoms with Gasteiger partial charge >= 0.3 is 0 Å². The zero-order valence-electron chi connectivity index (χ0n) is 7.12. The Morgan fingerprint density at radius 3 is 2.15 bits per heavy atom. The quantitative estimate of drug-likeness (QED) is 0.538. The second-order valence-electron chi connectivity index (χ2n) is 3.78. The fourth-order valence-electron chi connectivity index (χ4n) is 2.18. The molecule has 0 aromatic rings. The van der Waals surface area contributed by atoms with Crippen molar-refractivity contribution in [3.8, 4) is 6.07 Å². The van der Waals surface area contributed by atoms with Gasteiger partial charge in [-0.1, -0.05) is 0 Å². The minimum Gasteiger partial charge on any atom is -0.296 e. The maximum Gasteiger partial charge on any atom is 0.229 e. The lowest BCUT2D eigenvalue weighted by molar-refractivity contribution is -0.142. The van der Waals surface area contributed by atoms with E-state index >= 15 is 0 Å². The van der Waals surface area contributed by atoms with Gasteiger partial charge in [0.1, 0.15) is 0 Å². The van der Waals surface area contributed by atoms with Gasteiger partial charge in [-0.25, -0.2) is 0 Å². The van der Waals surface area contributed by atoms with E-state index in [-0.39, 0.29) is 29.6 Å². The summed E-state index contributed by atoms with van der Waals surface area (Å²) < 4.78 is 0. The van der Waals surface area contributed by atoms with Gasteiger partial charge in [0.2, 0.25) is 11.8 Å². The van der Waals surface area contributed by atoms with E-state index in [9.17, 15) is 9.59 Å². The van der Waals surface area contributed by atoms with Gasteiger partial charge in [0, 0.05) is 17.8 Å². The van der Waals surface area contributed by atoms with Gasteiger partial charge in [-0.15, -0.1) is 0 Å². The normalized spacial score (nSPS) is 37.9. The fraction of sp³-hybridized carbons (Fsp3) is 0.667. The van der Waals surface area contributed by atoms with Crippen molar-refractivity contribution in [2.45, 2.75) is 19.3 Å². The summed E-state index contributed by atoms with van der Waals surface area (Å²) in [7, 11) is 0. The van der Waals surface area contributed by atoms with Gasteiger partial charge in [0.15, 0.2) is 0 Å². The lowest BCUT2D eigenvalue weighted by Gasteiger charge is -2.34. The SMILES string of the molecule is N#CC1CC2CC(C1)C(=O)NC2=O. The smallest absolute Gasteiger partial charge is 0.229 e. The molecule has 0 aromatic carbocycles. The Morgan fingerprint density at radius 1 is 1.15 bits per heavy atom. The summed E-state index contributed by atoms with van der Waals surface area (Å²) in [4.78, 5) is 22.5. The van der Waals surface area contributed by atoms with Crippen LogP contribution in [0, 0.1) is 29.1 Å². The number of fused-ring (bicyclic) bond motifs is 2. The molecule has 1 aliphatic heterocycles.